The normalized spacial score (nSPS) is 34.1. The van der Waals surface area contributed by atoms with Gasteiger partial charge in [0.1, 0.15) is 30.2 Å². The average Bonchev–Trinajstić information content (AvgIpc) is 3.30. The van der Waals surface area contributed by atoms with Crippen LogP contribution >= 0.6 is 0 Å². The molecule has 5 rings (SSSR count). The Morgan fingerprint density at radius 1 is 1.32 bits per heavy atom. The van der Waals surface area contributed by atoms with Crippen molar-refractivity contribution in [2.45, 2.75) is 69.1 Å². The lowest BCUT2D eigenvalue weighted by Crippen LogP contribution is -2.54. The zero-order valence-electron chi connectivity index (χ0n) is 17.6. The summed E-state index contributed by atoms with van der Waals surface area (Å²) in [7, 11) is 2.02. The van der Waals surface area contributed by atoms with Gasteiger partial charge >= 0.3 is 6.09 Å². The molecule has 3 aliphatic rings. The number of carboxylic acid groups (broad SMARTS) is 1. The third-order valence-corrected chi connectivity index (χ3v) is 6.32. The fourth-order valence-corrected chi connectivity index (χ4v) is 4.76. The quantitative estimate of drug-likeness (QED) is 0.610. The Labute approximate surface area is 178 Å². The predicted molar refractivity (Wildman–Crippen MR) is 108 cm³/mol. The van der Waals surface area contributed by atoms with Gasteiger partial charge in [0.15, 0.2) is 23.5 Å². The molecule has 2 saturated heterocycles. The highest BCUT2D eigenvalue weighted by atomic mass is 16.8. The largest absolute Gasteiger partial charge is 0.465 e. The minimum Gasteiger partial charge on any atom is -0.465 e. The second kappa shape index (κ2) is 7.26. The van der Waals surface area contributed by atoms with Gasteiger partial charge in [-0.2, -0.15) is 0 Å². The van der Waals surface area contributed by atoms with Crippen molar-refractivity contribution in [1.29, 1.82) is 0 Å². The number of anilines is 1. The fraction of sp³-hybridized carbons (Fsp3) is 0.684. The summed E-state index contributed by atoms with van der Waals surface area (Å²) in [6.07, 6.45) is 2.34. The number of imidazole rings is 1. The first-order valence-electron chi connectivity index (χ1n) is 10.4. The number of fused-ring (bicyclic) bond motifs is 2. The van der Waals surface area contributed by atoms with Crippen LogP contribution in [0.15, 0.2) is 12.7 Å². The molecular weight excluding hydrogens is 406 g/mol. The van der Waals surface area contributed by atoms with Gasteiger partial charge in [0.25, 0.3) is 0 Å². The second-order valence-corrected chi connectivity index (χ2v) is 8.92. The molecule has 4 atom stereocenters. The number of nitrogen functional groups attached to an aromatic ring is 1. The van der Waals surface area contributed by atoms with Crippen molar-refractivity contribution in [3.05, 3.63) is 12.7 Å². The lowest BCUT2D eigenvalue weighted by Gasteiger charge is -2.42. The van der Waals surface area contributed by atoms with Crippen molar-refractivity contribution < 1.29 is 24.1 Å². The van der Waals surface area contributed by atoms with E-state index in [1.807, 2.05) is 25.5 Å². The lowest BCUT2D eigenvalue weighted by atomic mass is 9.85. The summed E-state index contributed by atoms with van der Waals surface area (Å²) in [6, 6.07) is 0.289. The lowest BCUT2D eigenvalue weighted by molar-refractivity contribution is -0.198. The topological polar surface area (TPSA) is 150 Å². The van der Waals surface area contributed by atoms with Gasteiger partial charge in [-0.3, -0.25) is 4.57 Å². The number of rotatable bonds is 5. The van der Waals surface area contributed by atoms with Gasteiger partial charge in [0, 0.05) is 18.6 Å². The van der Waals surface area contributed by atoms with Gasteiger partial charge in [0.2, 0.25) is 0 Å². The summed E-state index contributed by atoms with van der Waals surface area (Å²) in [5, 5.41) is 11.4. The number of hydrogen-bond donors (Lipinski definition) is 3. The van der Waals surface area contributed by atoms with E-state index in [1.54, 1.807) is 6.33 Å². The molecule has 2 aliphatic heterocycles. The third-order valence-electron chi connectivity index (χ3n) is 6.32. The van der Waals surface area contributed by atoms with Crippen LogP contribution in [0.25, 0.3) is 11.2 Å². The van der Waals surface area contributed by atoms with Crippen molar-refractivity contribution in [3.8, 4) is 0 Å². The van der Waals surface area contributed by atoms with E-state index in [0.717, 1.165) is 12.8 Å². The molecule has 31 heavy (non-hydrogen) atoms. The van der Waals surface area contributed by atoms with Crippen LogP contribution in [0.3, 0.4) is 0 Å². The molecule has 4 N–H and O–H groups in total. The summed E-state index contributed by atoms with van der Waals surface area (Å²) in [6.45, 7) is 4.41. The zero-order chi connectivity index (χ0) is 21.9. The first-order chi connectivity index (χ1) is 14.7. The molecule has 3 fully saturated rings. The SMILES string of the molecule is CN(C[C@H]1O[C@@H](n2cnc3c(N)ncnc32)[C@@H]2OC(C)(C)O[C@@H]21)C1CC(NC(=O)O)C1. The number of hydrogen-bond acceptors (Lipinski definition) is 9. The highest BCUT2D eigenvalue weighted by Gasteiger charge is 2.56. The molecule has 0 unspecified atom stereocenters. The molecule has 12 nitrogen and oxygen atoms in total. The summed E-state index contributed by atoms with van der Waals surface area (Å²) in [5.41, 5.74) is 7.04. The van der Waals surface area contributed by atoms with Crippen LogP contribution in [-0.4, -0.2) is 85.4 Å². The predicted octanol–water partition coefficient (Wildman–Crippen LogP) is 0.556. The summed E-state index contributed by atoms with van der Waals surface area (Å²) >= 11 is 0. The van der Waals surface area contributed by atoms with Crippen LogP contribution in [0, 0.1) is 0 Å². The number of nitrogens with zero attached hydrogens (tertiary/aromatic N) is 5. The molecule has 12 heteroatoms. The number of aromatic nitrogens is 4. The van der Waals surface area contributed by atoms with Gasteiger partial charge in [-0.25, -0.2) is 19.7 Å². The third kappa shape index (κ3) is 3.59. The van der Waals surface area contributed by atoms with E-state index >= 15 is 0 Å². The van der Waals surface area contributed by atoms with Gasteiger partial charge < -0.3 is 35.3 Å². The first-order valence-corrected chi connectivity index (χ1v) is 10.4. The van der Waals surface area contributed by atoms with Crippen LogP contribution in [0.1, 0.15) is 32.9 Å². The Bertz CT molecular complexity index is 991. The van der Waals surface area contributed by atoms with E-state index in [0.29, 0.717) is 23.5 Å². The Hall–Kier alpha value is -2.54. The molecule has 0 bridgehead atoms. The van der Waals surface area contributed by atoms with Gasteiger partial charge in [-0.15, -0.1) is 0 Å². The minimum atomic E-state index is -0.980. The van der Waals surface area contributed by atoms with Crippen LogP contribution in [0.5, 0.6) is 0 Å². The Kier molecular flexibility index (Phi) is 4.77. The maximum atomic E-state index is 10.8. The smallest absolute Gasteiger partial charge is 0.404 e. The molecule has 0 aromatic carbocycles. The Morgan fingerprint density at radius 2 is 2.06 bits per heavy atom. The van der Waals surface area contributed by atoms with E-state index in [-0.39, 0.29) is 30.4 Å². The highest BCUT2D eigenvalue weighted by molar-refractivity contribution is 5.81. The van der Waals surface area contributed by atoms with E-state index in [1.165, 1.54) is 6.33 Å². The maximum absolute atomic E-state index is 10.8. The summed E-state index contributed by atoms with van der Waals surface area (Å²) in [5.74, 6) is -0.418. The zero-order valence-corrected chi connectivity index (χ0v) is 17.6. The number of carbonyl (C=O) groups is 1. The van der Waals surface area contributed by atoms with Gasteiger partial charge in [-0.1, -0.05) is 0 Å². The maximum Gasteiger partial charge on any atom is 0.404 e. The monoisotopic (exact) mass is 433 g/mol. The van der Waals surface area contributed by atoms with Crippen LogP contribution in [0.4, 0.5) is 10.6 Å². The van der Waals surface area contributed by atoms with E-state index in [9.17, 15) is 4.79 Å². The molecule has 1 amide bonds. The van der Waals surface area contributed by atoms with Gasteiger partial charge in [0.05, 0.1) is 6.33 Å². The second-order valence-electron chi connectivity index (χ2n) is 8.92. The summed E-state index contributed by atoms with van der Waals surface area (Å²) < 4.78 is 20.6. The fourth-order valence-electron chi connectivity index (χ4n) is 4.76. The van der Waals surface area contributed by atoms with Crippen LogP contribution in [0.2, 0.25) is 0 Å². The van der Waals surface area contributed by atoms with Crippen molar-refractivity contribution in [2.75, 3.05) is 19.3 Å². The van der Waals surface area contributed by atoms with Crippen molar-refractivity contribution in [3.63, 3.8) is 0 Å². The van der Waals surface area contributed by atoms with Crippen molar-refractivity contribution in [1.82, 2.24) is 29.7 Å². The van der Waals surface area contributed by atoms with E-state index in [2.05, 4.69) is 25.2 Å². The standard InChI is InChI=1S/C19H27N7O5/c1-19(2)30-13-11(6-25(3)10-4-9(5-10)24-18(27)28)29-17(14(13)31-19)26-8-23-12-15(20)21-7-22-16(12)26/h7-11,13-14,17,24H,4-6H2,1-3H3,(H,27,28)(H2,20,21,22)/t9?,10?,11-,13-,14-,17-/m1/s1. The Morgan fingerprint density at radius 3 is 2.81 bits per heavy atom. The molecule has 0 spiro atoms. The molecule has 1 aliphatic carbocycles. The van der Waals surface area contributed by atoms with E-state index in [4.69, 9.17) is 25.1 Å². The molecular formula is C19H27N7O5. The average molecular weight is 433 g/mol. The molecule has 2 aromatic rings. The van der Waals surface area contributed by atoms with Crippen LogP contribution in [-0.2, 0) is 14.2 Å². The number of ether oxygens (including phenoxy) is 3. The summed E-state index contributed by atoms with van der Waals surface area (Å²) in [4.78, 5) is 25.7. The minimum absolute atomic E-state index is 0.00222. The first kappa shape index (κ1) is 20.4. The van der Waals surface area contributed by atoms with E-state index < -0.39 is 18.1 Å². The number of nitrogens with one attached hydrogen (secondary N) is 1. The molecule has 1 saturated carbocycles. The highest BCUT2D eigenvalue weighted by Crippen LogP contribution is 2.44. The molecule has 2 aromatic heterocycles. The number of likely N-dealkylation sites (N-methyl/N-ethyl adjacent to an activating group) is 1. The molecule has 4 heterocycles. The Balaban J connectivity index is 1.34. The van der Waals surface area contributed by atoms with Crippen molar-refractivity contribution in [2.24, 2.45) is 0 Å². The number of amides is 1. The van der Waals surface area contributed by atoms with Crippen LogP contribution < -0.4 is 11.1 Å². The molecule has 0 radical (unpaired) electrons. The molecule has 168 valence electrons. The van der Waals surface area contributed by atoms with Gasteiger partial charge in [-0.05, 0) is 33.7 Å². The number of nitrogens with two attached hydrogens (primary N) is 1. The van der Waals surface area contributed by atoms with Crippen molar-refractivity contribution >= 4 is 23.1 Å².